The van der Waals surface area contributed by atoms with Crippen molar-refractivity contribution in [1.82, 2.24) is 15.5 Å². The number of hydrogen-bond donors (Lipinski definition) is 2. The van der Waals surface area contributed by atoms with Gasteiger partial charge in [0.2, 0.25) is 0 Å². The number of carbonyl (C=O) groups is 1. The lowest BCUT2D eigenvalue weighted by atomic mass is 10.2. The minimum atomic E-state index is -0.175. The van der Waals surface area contributed by atoms with E-state index >= 15 is 0 Å². The second-order valence-electron chi connectivity index (χ2n) is 5.76. The maximum absolute atomic E-state index is 12.0. The minimum absolute atomic E-state index is 0.175. The fraction of sp³-hybridized carbons (Fsp3) is 0.471. The number of amides is 2. The van der Waals surface area contributed by atoms with E-state index in [1.807, 2.05) is 37.3 Å². The van der Waals surface area contributed by atoms with Crippen LogP contribution >= 0.6 is 0 Å². The zero-order valence-corrected chi connectivity index (χ0v) is 13.4. The van der Waals surface area contributed by atoms with E-state index < -0.39 is 0 Å². The van der Waals surface area contributed by atoms with Crippen molar-refractivity contribution in [3.8, 4) is 0 Å². The molecule has 3 rings (SSSR count). The molecule has 23 heavy (non-hydrogen) atoms. The van der Waals surface area contributed by atoms with Crippen LogP contribution in [0.15, 0.2) is 34.7 Å². The van der Waals surface area contributed by atoms with E-state index in [1.165, 1.54) is 0 Å². The number of para-hydroxylation sites is 1. The molecule has 2 amide bonds. The molecular formula is C17H23N3O3. The molecule has 6 nitrogen and oxygen atoms in total. The van der Waals surface area contributed by atoms with Crippen LogP contribution < -0.4 is 10.6 Å². The van der Waals surface area contributed by atoms with E-state index in [0.29, 0.717) is 6.54 Å². The van der Waals surface area contributed by atoms with Crippen LogP contribution in [0.3, 0.4) is 0 Å². The van der Waals surface area contributed by atoms with Crippen LogP contribution in [0.5, 0.6) is 0 Å². The molecule has 2 heterocycles. The van der Waals surface area contributed by atoms with Gasteiger partial charge >= 0.3 is 6.03 Å². The highest BCUT2D eigenvalue weighted by Crippen LogP contribution is 2.23. The van der Waals surface area contributed by atoms with E-state index in [-0.39, 0.29) is 12.1 Å². The van der Waals surface area contributed by atoms with Crippen molar-refractivity contribution < 1.29 is 13.9 Å². The molecule has 0 radical (unpaired) electrons. The number of hydrogen-bond acceptors (Lipinski definition) is 4. The molecule has 0 bridgehead atoms. The number of rotatable bonds is 5. The fourth-order valence-electron chi connectivity index (χ4n) is 2.69. The Kier molecular flexibility index (Phi) is 5.15. The summed E-state index contributed by atoms with van der Waals surface area (Å²) in [4.78, 5) is 14.3. The third kappa shape index (κ3) is 4.24. The number of nitrogens with zero attached hydrogens (tertiary/aromatic N) is 1. The normalized spacial score (nSPS) is 17.1. The summed E-state index contributed by atoms with van der Waals surface area (Å²) in [5.41, 5.74) is 0.837. The molecule has 2 aromatic rings. The first-order valence-electron chi connectivity index (χ1n) is 8.05. The van der Waals surface area contributed by atoms with Crippen LogP contribution in [0.2, 0.25) is 0 Å². The summed E-state index contributed by atoms with van der Waals surface area (Å²) in [7, 11) is 0. The van der Waals surface area contributed by atoms with Crippen LogP contribution in [-0.4, -0.2) is 50.3 Å². The lowest BCUT2D eigenvalue weighted by Crippen LogP contribution is -2.44. The van der Waals surface area contributed by atoms with Crippen molar-refractivity contribution in [3.05, 3.63) is 36.1 Å². The van der Waals surface area contributed by atoms with E-state index in [4.69, 9.17) is 9.15 Å². The van der Waals surface area contributed by atoms with Gasteiger partial charge < -0.3 is 19.8 Å². The van der Waals surface area contributed by atoms with E-state index in [1.54, 1.807) is 0 Å². The average Bonchev–Trinajstić information content (AvgIpc) is 3.00. The monoisotopic (exact) mass is 317 g/mol. The van der Waals surface area contributed by atoms with Gasteiger partial charge in [0, 0.05) is 31.6 Å². The van der Waals surface area contributed by atoms with Gasteiger partial charge in [0.05, 0.1) is 19.3 Å². The summed E-state index contributed by atoms with van der Waals surface area (Å²) in [6, 6.07) is 9.45. The molecule has 6 heteroatoms. The van der Waals surface area contributed by atoms with E-state index in [2.05, 4.69) is 15.5 Å². The third-order valence-corrected chi connectivity index (χ3v) is 4.04. The van der Waals surface area contributed by atoms with Crippen molar-refractivity contribution in [2.45, 2.75) is 13.0 Å². The largest absolute Gasteiger partial charge is 0.459 e. The summed E-state index contributed by atoms with van der Waals surface area (Å²) in [5, 5.41) is 6.84. The Morgan fingerprint density at radius 3 is 2.87 bits per heavy atom. The molecule has 0 saturated carbocycles. The standard InChI is InChI=1S/C17H23N3O3/c1-13(16-12-14-4-2-3-5-15(14)23-16)19-17(21)18-6-7-20-8-10-22-11-9-20/h2-5,12-13H,6-11H2,1H3,(H2,18,19,21)/t13-/m0/s1. The number of carbonyl (C=O) groups excluding carboxylic acids is 1. The summed E-state index contributed by atoms with van der Waals surface area (Å²) in [6.07, 6.45) is 0. The molecule has 0 aliphatic carbocycles. The highest BCUT2D eigenvalue weighted by Gasteiger charge is 2.14. The highest BCUT2D eigenvalue weighted by atomic mass is 16.5. The number of furan rings is 1. The first kappa shape index (κ1) is 15.8. The van der Waals surface area contributed by atoms with E-state index in [9.17, 15) is 4.79 Å². The van der Waals surface area contributed by atoms with Gasteiger partial charge in [-0.1, -0.05) is 18.2 Å². The first-order chi connectivity index (χ1) is 11.2. The number of benzene rings is 1. The molecule has 124 valence electrons. The van der Waals surface area contributed by atoms with Crippen molar-refractivity contribution in [3.63, 3.8) is 0 Å². The van der Waals surface area contributed by atoms with Gasteiger partial charge in [0.25, 0.3) is 0 Å². The Hall–Kier alpha value is -2.05. The quantitative estimate of drug-likeness (QED) is 0.886. The van der Waals surface area contributed by atoms with Crippen LogP contribution in [0.1, 0.15) is 18.7 Å². The molecule has 0 spiro atoms. The summed E-state index contributed by atoms with van der Waals surface area (Å²) in [6.45, 7) is 6.79. The maximum Gasteiger partial charge on any atom is 0.315 e. The molecule has 1 aromatic heterocycles. The Labute approximate surface area is 135 Å². The minimum Gasteiger partial charge on any atom is -0.459 e. The molecule has 1 aliphatic heterocycles. The third-order valence-electron chi connectivity index (χ3n) is 4.04. The van der Waals surface area contributed by atoms with Crippen LogP contribution in [0, 0.1) is 0 Å². The SMILES string of the molecule is C[C@H](NC(=O)NCCN1CCOCC1)c1cc2ccccc2o1. The average molecular weight is 317 g/mol. The van der Waals surface area contributed by atoms with Crippen molar-refractivity contribution in [2.24, 2.45) is 0 Å². The molecule has 1 fully saturated rings. The maximum atomic E-state index is 12.0. The van der Waals surface area contributed by atoms with Crippen molar-refractivity contribution in [2.75, 3.05) is 39.4 Å². The molecular weight excluding hydrogens is 294 g/mol. The van der Waals surface area contributed by atoms with Gasteiger partial charge in [0.1, 0.15) is 11.3 Å². The zero-order valence-electron chi connectivity index (χ0n) is 13.4. The summed E-state index contributed by atoms with van der Waals surface area (Å²) in [5.74, 6) is 0.759. The smallest absolute Gasteiger partial charge is 0.315 e. The van der Waals surface area contributed by atoms with Gasteiger partial charge in [0.15, 0.2) is 0 Å². The number of urea groups is 1. The van der Waals surface area contributed by atoms with Gasteiger partial charge in [-0.25, -0.2) is 4.79 Å². The molecule has 0 unspecified atom stereocenters. The molecule has 1 saturated heterocycles. The van der Waals surface area contributed by atoms with Crippen LogP contribution in [-0.2, 0) is 4.74 Å². The van der Waals surface area contributed by atoms with Gasteiger partial charge in [-0.05, 0) is 19.1 Å². The molecule has 1 atom stereocenters. The van der Waals surface area contributed by atoms with Crippen molar-refractivity contribution in [1.29, 1.82) is 0 Å². The Balaban J connectivity index is 1.45. The molecule has 1 aromatic carbocycles. The predicted octanol–water partition coefficient (Wildman–Crippen LogP) is 2.13. The Morgan fingerprint density at radius 2 is 2.09 bits per heavy atom. The lowest BCUT2D eigenvalue weighted by Gasteiger charge is -2.26. The number of ether oxygens (including phenoxy) is 1. The fourth-order valence-corrected chi connectivity index (χ4v) is 2.69. The van der Waals surface area contributed by atoms with Gasteiger partial charge in [-0.15, -0.1) is 0 Å². The second kappa shape index (κ2) is 7.48. The number of nitrogens with one attached hydrogen (secondary N) is 2. The number of morpholine rings is 1. The Morgan fingerprint density at radius 1 is 1.30 bits per heavy atom. The Bertz CT molecular complexity index is 616. The number of fused-ring (bicyclic) bond motifs is 1. The second-order valence-corrected chi connectivity index (χ2v) is 5.76. The topological polar surface area (TPSA) is 66.7 Å². The van der Waals surface area contributed by atoms with Crippen molar-refractivity contribution >= 4 is 17.0 Å². The molecule has 2 N–H and O–H groups in total. The van der Waals surface area contributed by atoms with E-state index in [0.717, 1.165) is 49.6 Å². The van der Waals surface area contributed by atoms with Gasteiger partial charge in [-0.3, -0.25) is 4.90 Å². The first-order valence-corrected chi connectivity index (χ1v) is 8.05. The van der Waals surface area contributed by atoms with Gasteiger partial charge in [-0.2, -0.15) is 0 Å². The predicted molar refractivity (Wildman–Crippen MR) is 88.4 cm³/mol. The van der Waals surface area contributed by atoms with Crippen LogP contribution in [0.25, 0.3) is 11.0 Å². The molecule has 1 aliphatic rings. The lowest BCUT2D eigenvalue weighted by molar-refractivity contribution is 0.0387. The highest BCUT2D eigenvalue weighted by molar-refractivity contribution is 5.78. The van der Waals surface area contributed by atoms with Crippen LogP contribution in [0.4, 0.5) is 4.79 Å². The zero-order chi connectivity index (χ0) is 16.1. The summed E-state index contributed by atoms with van der Waals surface area (Å²) < 4.78 is 11.1. The summed E-state index contributed by atoms with van der Waals surface area (Å²) >= 11 is 0.